The highest BCUT2D eigenvalue weighted by atomic mass is 33.1. The van der Waals surface area contributed by atoms with Gasteiger partial charge in [-0.2, -0.15) is 0 Å². The summed E-state index contributed by atoms with van der Waals surface area (Å²) in [4.78, 5) is 46.1. The van der Waals surface area contributed by atoms with E-state index in [2.05, 4.69) is 21.3 Å². The minimum atomic E-state index is -4.96. The van der Waals surface area contributed by atoms with E-state index in [-0.39, 0.29) is 24.0 Å². The molecule has 0 bridgehead atoms. The maximum Gasteiger partial charge on any atom is 0.330 e. The summed E-state index contributed by atoms with van der Waals surface area (Å²) in [5, 5.41) is 0. The van der Waals surface area contributed by atoms with E-state index < -0.39 is 44.1 Å². The van der Waals surface area contributed by atoms with Gasteiger partial charge in [-0.1, -0.05) is 33.4 Å². The predicted octanol–water partition coefficient (Wildman–Crippen LogP) is -0.646. The number of aromatic nitrogens is 2. The van der Waals surface area contributed by atoms with Crippen LogP contribution in [0.1, 0.15) is 25.1 Å². The highest BCUT2D eigenvalue weighted by Gasteiger charge is 2.39. The molecule has 0 saturated carbocycles. The summed E-state index contributed by atoms with van der Waals surface area (Å²) in [5.74, 6) is 5.11. The summed E-state index contributed by atoms with van der Waals surface area (Å²) in [6.07, 6.45) is 0.933. The second-order valence-electron chi connectivity index (χ2n) is 5.85. The molecule has 2 rings (SSSR count). The van der Waals surface area contributed by atoms with E-state index in [4.69, 9.17) is 20.1 Å². The van der Waals surface area contributed by atoms with Crippen LogP contribution in [0.2, 0.25) is 0 Å². The van der Waals surface area contributed by atoms with Crippen LogP contribution in [0.25, 0.3) is 0 Å². The van der Waals surface area contributed by atoms with Gasteiger partial charge in [0.2, 0.25) is 0 Å². The third-order valence-electron chi connectivity index (χ3n) is 3.78. The van der Waals surface area contributed by atoms with Crippen molar-refractivity contribution < 1.29 is 28.3 Å². The first-order chi connectivity index (χ1) is 13.6. The molecule has 1 aliphatic heterocycles. The quantitative estimate of drug-likeness (QED) is 0.193. The maximum atomic E-state index is 12.2. The number of hydrogen-bond acceptors (Lipinski definition) is 10. The van der Waals surface area contributed by atoms with Crippen LogP contribution in [0.4, 0.5) is 0 Å². The number of aromatic amines is 1. The van der Waals surface area contributed by atoms with Crippen molar-refractivity contribution in [2.75, 3.05) is 19.4 Å². The summed E-state index contributed by atoms with van der Waals surface area (Å²) in [7, 11) is -2.03. The number of phosphoric acid groups is 1. The fourth-order valence-electron chi connectivity index (χ4n) is 2.67. The Morgan fingerprint density at radius 2 is 2.31 bits per heavy atom. The molecule has 1 aliphatic rings. The first-order valence-electron chi connectivity index (χ1n) is 8.37. The van der Waals surface area contributed by atoms with Crippen LogP contribution in [0.5, 0.6) is 0 Å². The summed E-state index contributed by atoms with van der Waals surface area (Å²) in [5.41, 5.74) is 3.70. The Morgan fingerprint density at radius 1 is 1.59 bits per heavy atom. The number of nitrogens with zero attached hydrogens (tertiary/aromatic N) is 1. The lowest BCUT2D eigenvalue weighted by Gasteiger charge is -2.24. The molecule has 4 N–H and O–H groups in total. The van der Waals surface area contributed by atoms with E-state index >= 15 is 0 Å². The molecule has 1 saturated heterocycles. The van der Waals surface area contributed by atoms with Crippen LogP contribution >= 0.6 is 29.4 Å². The fraction of sp³-hybridized carbons (Fsp3) is 0.600. The molecule has 0 radical (unpaired) electrons. The molecular weight excluding hydrogens is 445 g/mol. The molecule has 1 fully saturated rings. The Morgan fingerprint density at radius 3 is 2.93 bits per heavy atom. The van der Waals surface area contributed by atoms with Crippen LogP contribution in [0.15, 0.2) is 15.8 Å². The SMILES string of the molecule is CSS[C@@H](C)OC1C[C@H](n2cc(C#CCN)c(=O)[nH]c2=O)O[C@@H]1COP(=O)([O-])O. The van der Waals surface area contributed by atoms with Gasteiger partial charge in [-0.15, -0.1) is 0 Å². The fourth-order valence-corrected chi connectivity index (χ4v) is 4.41. The highest BCUT2D eigenvalue weighted by Crippen LogP contribution is 2.37. The van der Waals surface area contributed by atoms with Crippen LogP contribution in [-0.4, -0.2) is 51.5 Å². The number of nitrogens with one attached hydrogen (secondary N) is 1. The van der Waals surface area contributed by atoms with Crippen molar-refractivity contribution in [1.82, 2.24) is 9.55 Å². The summed E-state index contributed by atoms with van der Waals surface area (Å²) in [6.45, 7) is 1.35. The molecular formula is C15H21N3O8PS2-. The Bertz CT molecular complexity index is 921. The van der Waals surface area contributed by atoms with Gasteiger partial charge in [-0.25, -0.2) is 4.79 Å². The highest BCUT2D eigenvalue weighted by molar-refractivity contribution is 8.76. The first kappa shape index (κ1) is 24.2. The van der Waals surface area contributed by atoms with Crippen LogP contribution in [0, 0.1) is 11.8 Å². The zero-order valence-corrected chi connectivity index (χ0v) is 18.1. The number of ether oxygens (including phenoxy) is 2. The van der Waals surface area contributed by atoms with E-state index in [0.717, 1.165) is 4.57 Å². The number of H-pyrrole nitrogens is 1. The van der Waals surface area contributed by atoms with E-state index in [0.29, 0.717) is 0 Å². The molecule has 0 aromatic carbocycles. The first-order valence-corrected chi connectivity index (χ1v) is 12.5. The number of hydrogen-bond donors (Lipinski definition) is 3. The molecule has 0 amide bonds. The molecule has 162 valence electrons. The number of nitrogens with two attached hydrogens (primary N) is 1. The molecule has 2 unspecified atom stereocenters. The molecule has 0 aliphatic carbocycles. The van der Waals surface area contributed by atoms with Gasteiger partial charge < -0.3 is 29.5 Å². The second-order valence-corrected chi connectivity index (χ2v) is 9.81. The predicted molar refractivity (Wildman–Crippen MR) is 107 cm³/mol. The average Bonchev–Trinajstić information content (AvgIpc) is 3.01. The van der Waals surface area contributed by atoms with E-state index in [9.17, 15) is 19.0 Å². The van der Waals surface area contributed by atoms with Crippen molar-refractivity contribution in [3.05, 3.63) is 32.6 Å². The molecule has 1 aromatic rings. The zero-order valence-electron chi connectivity index (χ0n) is 15.6. The Hall–Kier alpha value is -1.07. The van der Waals surface area contributed by atoms with Crippen molar-refractivity contribution >= 4 is 29.4 Å². The average molecular weight is 466 g/mol. The van der Waals surface area contributed by atoms with Crippen LogP contribution < -0.4 is 21.9 Å². The monoisotopic (exact) mass is 466 g/mol. The topological polar surface area (TPSA) is 169 Å². The van der Waals surface area contributed by atoms with E-state index in [1.54, 1.807) is 0 Å². The van der Waals surface area contributed by atoms with Gasteiger partial charge in [0.1, 0.15) is 23.3 Å². The third-order valence-corrected chi connectivity index (χ3v) is 6.22. The largest absolute Gasteiger partial charge is 0.756 e. The van der Waals surface area contributed by atoms with Gasteiger partial charge in [-0.3, -0.25) is 18.9 Å². The lowest BCUT2D eigenvalue weighted by atomic mass is 10.2. The molecule has 5 atom stereocenters. The van der Waals surface area contributed by atoms with E-state index in [1.807, 2.05) is 13.2 Å². The zero-order chi connectivity index (χ0) is 21.6. The lowest BCUT2D eigenvalue weighted by Crippen LogP contribution is -2.34. The smallest absolute Gasteiger partial charge is 0.330 e. The van der Waals surface area contributed by atoms with Crippen LogP contribution in [-0.2, 0) is 18.6 Å². The molecule has 1 aromatic heterocycles. The summed E-state index contributed by atoms with van der Waals surface area (Å²) in [6, 6.07) is 0. The molecule has 0 spiro atoms. The van der Waals surface area contributed by atoms with Crippen LogP contribution in [0.3, 0.4) is 0 Å². The third kappa shape index (κ3) is 7.29. The maximum absolute atomic E-state index is 12.2. The minimum absolute atomic E-state index is 0.0292. The Balaban J connectivity index is 2.28. The van der Waals surface area contributed by atoms with E-state index in [1.165, 1.54) is 27.8 Å². The van der Waals surface area contributed by atoms with Gasteiger partial charge in [0.05, 0.1) is 19.3 Å². The van der Waals surface area contributed by atoms with Crippen molar-refractivity contribution in [1.29, 1.82) is 0 Å². The van der Waals surface area contributed by atoms with Gasteiger partial charge in [0.25, 0.3) is 13.4 Å². The van der Waals surface area contributed by atoms with Gasteiger partial charge >= 0.3 is 5.69 Å². The molecule has 29 heavy (non-hydrogen) atoms. The van der Waals surface area contributed by atoms with Crippen molar-refractivity contribution in [3.8, 4) is 11.8 Å². The minimum Gasteiger partial charge on any atom is -0.756 e. The molecule has 2 heterocycles. The second kappa shape index (κ2) is 10.8. The van der Waals surface area contributed by atoms with Crippen molar-refractivity contribution in [2.24, 2.45) is 5.73 Å². The summed E-state index contributed by atoms with van der Waals surface area (Å²) < 4.78 is 28.2. The Labute approximate surface area is 174 Å². The summed E-state index contributed by atoms with van der Waals surface area (Å²) >= 11 is 0. The van der Waals surface area contributed by atoms with Gasteiger partial charge in [0, 0.05) is 12.6 Å². The molecule has 11 nitrogen and oxygen atoms in total. The van der Waals surface area contributed by atoms with Crippen molar-refractivity contribution in [2.45, 2.75) is 37.2 Å². The lowest BCUT2D eigenvalue weighted by molar-refractivity contribution is -0.223. The van der Waals surface area contributed by atoms with Crippen molar-refractivity contribution in [3.63, 3.8) is 0 Å². The van der Waals surface area contributed by atoms with Gasteiger partial charge in [-0.05, 0) is 13.2 Å². The standard InChI is InChI=1S/C15H22N3O8PS2/c1-9(29-28-2)25-11-6-13(26-12(11)8-24-27(21,22)23)18-7-10(4-3-5-16)14(19)17-15(18)20/h7,9,11-13H,5-6,8,16H2,1-2H3,(H,17,19,20)(H2,21,22,23)/p-1/t9-,11?,12+,13+/m0/s1. The number of phosphoric ester groups is 1. The molecule has 14 heteroatoms. The number of rotatable bonds is 8. The Kier molecular flexibility index (Phi) is 9.02. The normalized spacial score (nSPS) is 24.5. The van der Waals surface area contributed by atoms with Gasteiger partial charge in [0.15, 0.2) is 0 Å².